The molecule has 86 valence electrons. The van der Waals surface area contributed by atoms with Crippen LogP contribution in [0.25, 0.3) is 0 Å². The Labute approximate surface area is 96.5 Å². The molecular weight excluding hydrogens is 212 g/mol. The van der Waals surface area contributed by atoms with Crippen LogP contribution in [0.4, 0.5) is 0 Å². The van der Waals surface area contributed by atoms with Crippen LogP contribution >= 0.6 is 11.6 Å². The summed E-state index contributed by atoms with van der Waals surface area (Å²) in [5.74, 6) is -0.0750. The SMILES string of the molecule is C=C1CC(NC(=O)CCl)CC(C)(C)N1C. The van der Waals surface area contributed by atoms with Crippen molar-refractivity contribution in [1.82, 2.24) is 10.2 Å². The summed E-state index contributed by atoms with van der Waals surface area (Å²) in [7, 11) is 2.04. The van der Waals surface area contributed by atoms with Gasteiger partial charge in [0.05, 0.1) is 0 Å². The molecule has 15 heavy (non-hydrogen) atoms. The van der Waals surface area contributed by atoms with Gasteiger partial charge in [-0.2, -0.15) is 0 Å². The molecule has 1 rings (SSSR count). The van der Waals surface area contributed by atoms with Gasteiger partial charge in [-0.15, -0.1) is 11.6 Å². The lowest BCUT2D eigenvalue weighted by Gasteiger charge is -2.46. The molecule has 0 saturated carbocycles. The molecule has 4 heteroatoms. The quantitative estimate of drug-likeness (QED) is 0.733. The number of nitrogens with one attached hydrogen (secondary N) is 1. The van der Waals surface area contributed by atoms with Gasteiger partial charge in [0.1, 0.15) is 5.88 Å². The fourth-order valence-electron chi connectivity index (χ4n) is 2.03. The topological polar surface area (TPSA) is 32.3 Å². The lowest BCUT2D eigenvalue weighted by atomic mass is 9.86. The van der Waals surface area contributed by atoms with Gasteiger partial charge in [-0.1, -0.05) is 6.58 Å². The summed E-state index contributed by atoms with van der Waals surface area (Å²) < 4.78 is 0. The van der Waals surface area contributed by atoms with E-state index in [1.807, 2.05) is 7.05 Å². The zero-order valence-electron chi connectivity index (χ0n) is 9.64. The van der Waals surface area contributed by atoms with E-state index in [1.165, 1.54) is 0 Å². The molecule has 3 nitrogen and oxygen atoms in total. The highest BCUT2D eigenvalue weighted by Crippen LogP contribution is 2.31. The Morgan fingerprint density at radius 3 is 2.80 bits per heavy atom. The minimum absolute atomic E-state index is 0.0270. The predicted molar refractivity (Wildman–Crippen MR) is 62.9 cm³/mol. The van der Waals surface area contributed by atoms with Gasteiger partial charge in [-0.25, -0.2) is 0 Å². The third-order valence-corrected chi connectivity index (χ3v) is 3.34. The Morgan fingerprint density at radius 2 is 2.33 bits per heavy atom. The molecule has 0 aromatic rings. The van der Waals surface area contributed by atoms with Crippen molar-refractivity contribution >= 4 is 17.5 Å². The first-order valence-electron chi connectivity index (χ1n) is 5.14. The van der Waals surface area contributed by atoms with Crippen LogP contribution < -0.4 is 5.32 Å². The molecule has 0 aromatic carbocycles. The van der Waals surface area contributed by atoms with E-state index >= 15 is 0 Å². The van der Waals surface area contributed by atoms with Gasteiger partial charge in [0.2, 0.25) is 5.91 Å². The largest absolute Gasteiger partial charge is 0.373 e. The Hall–Kier alpha value is -0.700. The van der Waals surface area contributed by atoms with Gasteiger partial charge in [0, 0.05) is 30.7 Å². The Kier molecular flexibility index (Phi) is 3.66. The van der Waals surface area contributed by atoms with Crippen LogP contribution in [0.2, 0.25) is 0 Å². The molecule has 1 unspecified atom stereocenters. The fourth-order valence-corrected chi connectivity index (χ4v) is 2.11. The highest BCUT2D eigenvalue weighted by Gasteiger charge is 2.34. The average molecular weight is 231 g/mol. The van der Waals surface area contributed by atoms with E-state index in [-0.39, 0.29) is 23.4 Å². The van der Waals surface area contributed by atoms with Crippen LogP contribution in [-0.2, 0) is 4.79 Å². The maximum absolute atomic E-state index is 11.2. The number of hydrogen-bond donors (Lipinski definition) is 1. The van der Waals surface area contributed by atoms with Crippen molar-refractivity contribution in [3.05, 3.63) is 12.3 Å². The number of hydrogen-bond acceptors (Lipinski definition) is 2. The summed E-state index contributed by atoms with van der Waals surface area (Å²) in [6.07, 6.45) is 1.73. The van der Waals surface area contributed by atoms with E-state index in [0.29, 0.717) is 0 Å². The number of carbonyl (C=O) groups excluding carboxylic acids is 1. The van der Waals surface area contributed by atoms with E-state index in [1.54, 1.807) is 0 Å². The van der Waals surface area contributed by atoms with Crippen molar-refractivity contribution < 1.29 is 4.79 Å². The highest BCUT2D eigenvalue weighted by atomic mass is 35.5. The molecule has 0 aliphatic carbocycles. The minimum Gasteiger partial charge on any atom is -0.373 e. The zero-order valence-corrected chi connectivity index (χ0v) is 10.4. The van der Waals surface area contributed by atoms with E-state index in [9.17, 15) is 4.79 Å². The minimum atomic E-state index is -0.102. The van der Waals surface area contributed by atoms with Gasteiger partial charge >= 0.3 is 0 Å². The average Bonchev–Trinajstić information content (AvgIpc) is 2.13. The first kappa shape index (κ1) is 12.4. The normalized spacial score (nSPS) is 25.2. The predicted octanol–water partition coefficient (Wildman–Crippen LogP) is 1.73. The number of rotatable bonds is 2. The molecule has 1 heterocycles. The maximum Gasteiger partial charge on any atom is 0.235 e. The standard InChI is InChI=1S/C11H19ClN2O/c1-8-5-9(13-10(15)7-12)6-11(2,3)14(8)4/h9H,1,5-7H2,2-4H3,(H,13,15). The van der Waals surface area contributed by atoms with Crippen molar-refractivity contribution in [2.75, 3.05) is 12.9 Å². The Bertz CT molecular complexity index is 274. The van der Waals surface area contributed by atoms with Crippen molar-refractivity contribution in [2.45, 2.75) is 38.3 Å². The van der Waals surface area contributed by atoms with Crippen LogP contribution in [0.5, 0.6) is 0 Å². The highest BCUT2D eigenvalue weighted by molar-refractivity contribution is 6.27. The van der Waals surface area contributed by atoms with Crippen molar-refractivity contribution in [3.63, 3.8) is 0 Å². The second-order valence-electron chi connectivity index (χ2n) is 4.74. The van der Waals surface area contributed by atoms with Crippen molar-refractivity contribution in [2.24, 2.45) is 0 Å². The molecule has 1 aliphatic rings. The van der Waals surface area contributed by atoms with E-state index in [4.69, 9.17) is 11.6 Å². The third kappa shape index (κ3) is 2.88. The zero-order chi connectivity index (χ0) is 11.6. The molecule has 0 radical (unpaired) electrons. The van der Waals surface area contributed by atoms with Crippen LogP contribution in [0.1, 0.15) is 26.7 Å². The lowest BCUT2D eigenvalue weighted by Crippen LogP contribution is -2.52. The van der Waals surface area contributed by atoms with Gasteiger partial charge in [-0.05, 0) is 20.3 Å². The van der Waals surface area contributed by atoms with Gasteiger partial charge < -0.3 is 10.2 Å². The number of alkyl halides is 1. The molecule has 1 atom stereocenters. The van der Waals surface area contributed by atoms with Crippen LogP contribution in [0.3, 0.4) is 0 Å². The summed E-state index contributed by atoms with van der Waals surface area (Å²) in [5, 5.41) is 2.92. The molecular formula is C11H19ClN2O. The second kappa shape index (κ2) is 4.44. The maximum atomic E-state index is 11.2. The molecule has 1 amide bonds. The first-order valence-corrected chi connectivity index (χ1v) is 5.67. The Balaban J connectivity index is 2.64. The number of carbonyl (C=O) groups is 1. The summed E-state index contributed by atoms with van der Waals surface area (Å²) in [6, 6.07) is 0.162. The molecule has 1 fully saturated rings. The van der Waals surface area contributed by atoms with E-state index < -0.39 is 0 Å². The lowest BCUT2D eigenvalue weighted by molar-refractivity contribution is -0.119. The molecule has 0 spiro atoms. The third-order valence-electron chi connectivity index (χ3n) is 3.10. The van der Waals surface area contributed by atoms with Gasteiger partial charge in [0.15, 0.2) is 0 Å². The van der Waals surface area contributed by atoms with Crippen LogP contribution in [0.15, 0.2) is 12.3 Å². The number of amides is 1. The summed E-state index contributed by atoms with van der Waals surface area (Å²) >= 11 is 5.46. The van der Waals surface area contributed by atoms with Crippen LogP contribution in [0, 0.1) is 0 Å². The van der Waals surface area contributed by atoms with Gasteiger partial charge in [-0.3, -0.25) is 4.79 Å². The number of nitrogens with zero attached hydrogens (tertiary/aromatic N) is 1. The Morgan fingerprint density at radius 1 is 1.73 bits per heavy atom. The smallest absolute Gasteiger partial charge is 0.235 e. The fraction of sp³-hybridized carbons (Fsp3) is 0.727. The first-order chi connectivity index (χ1) is 6.86. The van der Waals surface area contributed by atoms with Crippen LogP contribution in [-0.4, -0.2) is 35.3 Å². The molecule has 0 aromatic heterocycles. The summed E-state index contributed by atoms with van der Waals surface area (Å²) in [5.41, 5.74) is 1.10. The van der Waals surface area contributed by atoms with Gasteiger partial charge in [0.25, 0.3) is 0 Å². The van der Waals surface area contributed by atoms with Crippen molar-refractivity contribution in [3.8, 4) is 0 Å². The molecule has 0 bridgehead atoms. The number of piperidine rings is 1. The summed E-state index contributed by atoms with van der Waals surface area (Å²) in [6.45, 7) is 8.32. The molecule has 1 saturated heterocycles. The number of likely N-dealkylation sites (tertiary alicyclic amines) is 1. The monoisotopic (exact) mass is 230 g/mol. The molecule has 1 aliphatic heterocycles. The summed E-state index contributed by atoms with van der Waals surface area (Å²) in [4.78, 5) is 13.4. The van der Waals surface area contributed by atoms with Crippen molar-refractivity contribution in [1.29, 1.82) is 0 Å². The number of halogens is 1. The second-order valence-corrected chi connectivity index (χ2v) is 5.01. The van der Waals surface area contributed by atoms with E-state index in [0.717, 1.165) is 18.5 Å². The van der Waals surface area contributed by atoms with E-state index in [2.05, 4.69) is 30.6 Å². The molecule has 1 N–H and O–H groups in total.